The Bertz CT molecular complexity index is 728. The summed E-state index contributed by atoms with van der Waals surface area (Å²) in [4.78, 5) is 12.2. The molecule has 0 aliphatic heterocycles. The molecule has 0 heterocycles. The molecule has 0 radical (unpaired) electrons. The van der Waals surface area contributed by atoms with Gasteiger partial charge in [0.2, 0.25) is 0 Å². The zero-order valence-corrected chi connectivity index (χ0v) is 14.1. The van der Waals surface area contributed by atoms with Gasteiger partial charge in [0.25, 0.3) is 5.91 Å². The second kappa shape index (κ2) is 6.74. The normalized spacial score (nSPS) is 12.8. The molecule has 1 amide bonds. The fourth-order valence-corrected chi connectivity index (χ4v) is 2.48. The average molecular weight is 386 g/mol. The Morgan fingerprint density at radius 1 is 1.17 bits per heavy atom. The van der Waals surface area contributed by atoms with Crippen molar-refractivity contribution in [1.82, 2.24) is 5.32 Å². The highest BCUT2D eigenvalue weighted by atomic mass is 79.9. The number of hydrogen-bond acceptors (Lipinski definition) is 1. The monoisotopic (exact) mass is 385 g/mol. The van der Waals surface area contributed by atoms with Gasteiger partial charge in [0, 0.05) is 10.0 Å². The SMILES string of the molecule is Cc1ccc([C@H](C)NC(=O)c2cccc(C(F)(F)F)c2)cc1Br. The van der Waals surface area contributed by atoms with Crippen molar-refractivity contribution >= 4 is 21.8 Å². The van der Waals surface area contributed by atoms with Crippen LogP contribution in [-0.4, -0.2) is 5.91 Å². The van der Waals surface area contributed by atoms with E-state index >= 15 is 0 Å². The molecule has 2 rings (SSSR count). The minimum absolute atomic E-state index is 0.0159. The van der Waals surface area contributed by atoms with Gasteiger partial charge in [-0.2, -0.15) is 13.2 Å². The maximum absolute atomic E-state index is 12.7. The highest BCUT2D eigenvalue weighted by Gasteiger charge is 2.31. The lowest BCUT2D eigenvalue weighted by atomic mass is 10.1. The molecule has 2 aromatic rings. The third-order valence-electron chi connectivity index (χ3n) is 3.50. The van der Waals surface area contributed by atoms with Gasteiger partial charge in [0.15, 0.2) is 0 Å². The molecule has 1 atom stereocenters. The fraction of sp³-hybridized carbons (Fsp3) is 0.235. The van der Waals surface area contributed by atoms with Crippen LogP contribution in [0.4, 0.5) is 13.2 Å². The molecule has 0 fully saturated rings. The Kier molecular flexibility index (Phi) is 5.14. The summed E-state index contributed by atoms with van der Waals surface area (Å²) in [5.41, 5.74) is 1.07. The number of carbonyl (C=O) groups is 1. The predicted octanol–water partition coefficient (Wildman–Crippen LogP) is 5.27. The van der Waals surface area contributed by atoms with Gasteiger partial charge in [0.1, 0.15) is 0 Å². The Hall–Kier alpha value is -1.82. The van der Waals surface area contributed by atoms with Crippen molar-refractivity contribution in [2.45, 2.75) is 26.1 Å². The van der Waals surface area contributed by atoms with Gasteiger partial charge in [-0.05, 0) is 49.2 Å². The number of hydrogen-bond donors (Lipinski definition) is 1. The number of benzene rings is 2. The molecule has 122 valence electrons. The Balaban J connectivity index is 2.16. The first kappa shape index (κ1) is 17.5. The van der Waals surface area contributed by atoms with E-state index in [2.05, 4.69) is 21.2 Å². The lowest BCUT2D eigenvalue weighted by Gasteiger charge is -2.16. The minimum Gasteiger partial charge on any atom is -0.346 e. The van der Waals surface area contributed by atoms with Crippen LogP contribution < -0.4 is 5.32 Å². The van der Waals surface area contributed by atoms with E-state index in [1.807, 2.05) is 25.1 Å². The van der Waals surface area contributed by atoms with E-state index in [4.69, 9.17) is 0 Å². The quantitative estimate of drug-likeness (QED) is 0.766. The summed E-state index contributed by atoms with van der Waals surface area (Å²) >= 11 is 3.42. The molecule has 0 unspecified atom stereocenters. The number of amides is 1. The maximum atomic E-state index is 12.7. The van der Waals surface area contributed by atoms with Crippen molar-refractivity contribution in [2.75, 3.05) is 0 Å². The second-order valence-electron chi connectivity index (χ2n) is 5.28. The largest absolute Gasteiger partial charge is 0.416 e. The molecule has 0 spiro atoms. The van der Waals surface area contributed by atoms with Crippen LogP contribution >= 0.6 is 15.9 Å². The van der Waals surface area contributed by atoms with Crippen LogP contribution in [0, 0.1) is 6.92 Å². The van der Waals surface area contributed by atoms with Crippen molar-refractivity contribution in [3.8, 4) is 0 Å². The third-order valence-corrected chi connectivity index (χ3v) is 4.35. The van der Waals surface area contributed by atoms with Gasteiger partial charge < -0.3 is 5.32 Å². The van der Waals surface area contributed by atoms with Crippen LogP contribution in [0.2, 0.25) is 0 Å². The van der Waals surface area contributed by atoms with Crippen molar-refractivity contribution in [2.24, 2.45) is 0 Å². The number of aryl methyl sites for hydroxylation is 1. The van der Waals surface area contributed by atoms with Gasteiger partial charge >= 0.3 is 6.18 Å². The molecule has 2 nitrogen and oxygen atoms in total. The highest BCUT2D eigenvalue weighted by molar-refractivity contribution is 9.10. The zero-order valence-electron chi connectivity index (χ0n) is 12.5. The fourth-order valence-electron chi connectivity index (χ4n) is 2.08. The van der Waals surface area contributed by atoms with Crippen molar-refractivity contribution in [1.29, 1.82) is 0 Å². The lowest BCUT2D eigenvalue weighted by Crippen LogP contribution is -2.27. The van der Waals surface area contributed by atoms with Crippen LogP contribution in [0.1, 0.15) is 40.0 Å². The minimum atomic E-state index is -4.47. The summed E-state index contributed by atoms with van der Waals surface area (Å²) in [5.74, 6) is -0.541. The lowest BCUT2D eigenvalue weighted by molar-refractivity contribution is -0.137. The molecule has 0 aliphatic rings. The summed E-state index contributed by atoms with van der Waals surface area (Å²) in [6.07, 6.45) is -4.47. The van der Waals surface area contributed by atoms with Crippen LogP contribution in [0.25, 0.3) is 0 Å². The molecule has 0 bridgehead atoms. The molecule has 23 heavy (non-hydrogen) atoms. The number of halogens is 4. The summed E-state index contributed by atoms with van der Waals surface area (Å²) in [5, 5.41) is 2.71. The van der Waals surface area contributed by atoms with E-state index in [-0.39, 0.29) is 11.6 Å². The maximum Gasteiger partial charge on any atom is 0.416 e. The van der Waals surface area contributed by atoms with Crippen LogP contribution in [0.5, 0.6) is 0 Å². The first-order valence-electron chi connectivity index (χ1n) is 6.92. The average Bonchev–Trinajstić information content (AvgIpc) is 2.49. The molecular formula is C17H15BrF3NO. The molecule has 0 aliphatic carbocycles. The molecule has 1 N–H and O–H groups in total. The van der Waals surface area contributed by atoms with E-state index in [9.17, 15) is 18.0 Å². The summed E-state index contributed by atoms with van der Waals surface area (Å²) in [7, 11) is 0. The van der Waals surface area contributed by atoms with Crippen molar-refractivity contribution in [3.05, 3.63) is 69.2 Å². The summed E-state index contributed by atoms with van der Waals surface area (Å²) in [6.45, 7) is 3.72. The van der Waals surface area contributed by atoms with Gasteiger partial charge in [-0.1, -0.05) is 34.1 Å². The summed E-state index contributed by atoms with van der Waals surface area (Å²) in [6, 6.07) is 9.72. The number of nitrogens with one attached hydrogen (secondary N) is 1. The molecule has 0 saturated carbocycles. The zero-order chi connectivity index (χ0) is 17.2. The van der Waals surface area contributed by atoms with Gasteiger partial charge in [0.05, 0.1) is 11.6 Å². The van der Waals surface area contributed by atoms with Crippen LogP contribution in [-0.2, 0) is 6.18 Å². The number of alkyl halides is 3. The first-order chi connectivity index (χ1) is 10.7. The Morgan fingerprint density at radius 2 is 1.87 bits per heavy atom. The standard InChI is InChI=1S/C17H15BrF3NO/c1-10-6-7-12(9-15(10)18)11(2)22-16(23)13-4-3-5-14(8-13)17(19,20)21/h3-9,11H,1-2H3,(H,22,23)/t11-/m0/s1. The molecule has 6 heteroatoms. The van der Waals surface area contributed by atoms with Crippen molar-refractivity contribution < 1.29 is 18.0 Å². The van der Waals surface area contributed by atoms with Gasteiger partial charge in [-0.25, -0.2) is 0 Å². The van der Waals surface area contributed by atoms with E-state index in [0.29, 0.717) is 0 Å². The van der Waals surface area contributed by atoms with Crippen LogP contribution in [0.3, 0.4) is 0 Å². The number of carbonyl (C=O) groups excluding carboxylic acids is 1. The summed E-state index contributed by atoms with van der Waals surface area (Å²) < 4.78 is 39.0. The van der Waals surface area contributed by atoms with E-state index in [1.165, 1.54) is 12.1 Å². The molecule has 2 aromatic carbocycles. The van der Waals surface area contributed by atoms with E-state index < -0.39 is 17.6 Å². The topological polar surface area (TPSA) is 29.1 Å². The third kappa shape index (κ3) is 4.34. The van der Waals surface area contributed by atoms with Crippen molar-refractivity contribution in [3.63, 3.8) is 0 Å². The van der Waals surface area contributed by atoms with Gasteiger partial charge in [-0.3, -0.25) is 4.79 Å². The van der Waals surface area contributed by atoms with E-state index in [1.54, 1.807) is 6.92 Å². The Morgan fingerprint density at radius 3 is 2.48 bits per heavy atom. The second-order valence-corrected chi connectivity index (χ2v) is 6.14. The highest BCUT2D eigenvalue weighted by Crippen LogP contribution is 2.29. The molecular weight excluding hydrogens is 371 g/mol. The predicted molar refractivity (Wildman–Crippen MR) is 86.2 cm³/mol. The smallest absolute Gasteiger partial charge is 0.346 e. The number of rotatable bonds is 3. The molecule has 0 saturated heterocycles. The van der Waals surface area contributed by atoms with Gasteiger partial charge in [-0.15, -0.1) is 0 Å². The van der Waals surface area contributed by atoms with E-state index in [0.717, 1.165) is 27.7 Å². The Labute approximate surface area is 140 Å². The van der Waals surface area contributed by atoms with Crippen LogP contribution in [0.15, 0.2) is 46.9 Å². The molecule has 0 aromatic heterocycles. The first-order valence-corrected chi connectivity index (χ1v) is 7.72.